The summed E-state index contributed by atoms with van der Waals surface area (Å²) >= 11 is 0. The summed E-state index contributed by atoms with van der Waals surface area (Å²) in [7, 11) is 0. The quantitative estimate of drug-likeness (QED) is 0.0985. The Kier molecular flexibility index (Phi) is 11.1. The number of hydrogen-bond donors (Lipinski definition) is 3. The van der Waals surface area contributed by atoms with E-state index in [1.54, 1.807) is 66.7 Å². The molecule has 0 aliphatic rings. The molecule has 216 valence electrons. The van der Waals surface area contributed by atoms with Gasteiger partial charge in [0.1, 0.15) is 11.8 Å². The van der Waals surface area contributed by atoms with Gasteiger partial charge in [-0.15, -0.1) is 0 Å². The minimum atomic E-state index is -1.04. The maximum Gasteiger partial charge on any atom is 0.343 e. The van der Waals surface area contributed by atoms with Crippen LogP contribution in [0.1, 0.15) is 34.3 Å². The second kappa shape index (κ2) is 15.6. The fourth-order valence-corrected chi connectivity index (χ4v) is 4.23. The van der Waals surface area contributed by atoms with Crippen molar-refractivity contribution >= 4 is 23.5 Å². The van der Waals surface area contributed by atoms with E-state index in [0.29, 0.717) is 49.4 Å². The van der Waals surface area contributed by atoms with Crippen LogP contribution in [-0.2, 0) is 22.4 Å². The number of para-hydroxylation sites is 2. The first kappa shape index (κ1) is 29.9. The molecular weight excluding hydrogens is 532 g/mol. The van der Waals surface area contributed by atoms with Crippen LogP contribution in [0.4, 0.5) is 5.69 Å². The van der Waals surface area contributed by atoms with Crippen molar-refractivity contribution in [2.45, 2.75) is 31.7 Å². The molecule has 4 rings (SSSR count). The Labute approximate surface area is 245 Å². The van der Waals surface area contributed by atoms with Gasteiger partial charge in [-0.05, 0) is 60.4 Å². The maximum absolute atomic E-state index is 12.5. The van der Waals surface area contributed by atoms with Gasteiger partial charge in [0.25, 0.3) is 0 Å². The lowest BCUT2D eigenvalue weighted by molar-refractivity contribution is -0.137. The number of ether oxygens (including phenoxy) is 2. The van der Waals surface area contributed by atoms with E-state index >= 15 is 0 Å². The number of aryl methyl sites for hydroxylation is 1. The number of carboxylic acid groups (broad SMARTS) is 1. The van der Waals surface area contributed by atoms with E-state index < -0.39 is 18.0 Å². The molecule has 4 aromatic rings. The van der Waals surface area contributed by atoms with Crippen molar-refractivity contribution in [2.75, 3.05) is 18.5 Å². The number of carboxylic acids is 1. The van der Waals surface area contributed by atoms with Gasteiger partial charge in [0.15, 0.2) is 5.75 Å². The van der Waals surface area contributed by atoms with Crippen LogP contribution in [0.2, 0.25) is 0 Å². The first-order chi connectivity index (χ1) is 20.5. The Morgan fingerprint density at radius 1 is 0.762 bits per heavy atom. The first-order valence-electron chi connectivity index (χ1n) is 13.9. The standard InChI is InChI=1S/C34H34N2O6/c37-32(21-18-25-10-3-1-4-11-25)35-22-9-23-41-28-19-16-26(17-20-28)24-30(33(38)39)36-29-14-7-8-15-31(29)42-34(40)27-12-5-2-6-13-27/h1-8,10-17,19-20,30,36H,9,18,21-24H2,(H,35,37)(H,38,39). The Morgan fingerprint density at radius 2 is 1.43 bits per heavy atom. The lowest BCUT2D eigenvalue weighted by Gasteiger charge is -2.18. The predicted molar refractivity (Wildman–Crippen MR) is 161 cm³/mol. The predicted octanol–water partition coefficient (Wildman–Crippen LogP) is 5.53. The molecule has 0 bridgehead atoms. The Hall–Kier alpha value is -5.11. The fraction of sp³-hybridized carbons (Fsp3) is 0.206. The molecule has 0 aliphatic heterocycles. The molecule has 0 aliphatic carbocycles. The first-order valence-corrected chi connectivity index (χ1v) is 13.9. The largest absolute Gasteiger partial charge is 0.494 e. The molecule has 42 heavy (non-hydrogen) atoms. The van der Waals surface area contributed by atoms with Crippen molar-refractivity contribution in [2.24, 2.45) is 0 Å². The van der Waals surface area contributed by atoms with E-state index in [0.717, 1.165) is 11.1 Å². The number of esters is 1. The van der Waals surface area contributed by atoms with Gasteiger partial charge in [-0.3, -0.25) is 4.79 Å². The molecule has 8 nitrogen and oxygen atoms in total. The lowest BCUT2D eigenvalue weighted by Crippen LogP contribution is -2.31. The van der Waals surface area contributed by atoms with Gasteiger partial charge in [-0.25, -0.2) is 9.59 Å². The smallest absolute Gasteiger partial charge is 0.343 e. The second-order valence-electron chi connectivity index (χ2n) is 9.67. The zero-order chi connectivity index (χ0) is 29.6. The summed E-state index contributed by atoms with van der Waals surface area (Å²) in [5.74, 6) is -0.647. The highest BCUT2D eigenvalue weighted by Gasteiger charge is 2.20. The zero-order valence-corrected chi connectivity index (χ0v) is 23.2. The van der Waals surface area contributed by atoms with Gasteiger partial charge < -0.3 is 25.2 Å². The van der Waals surface area contributed by atoms with E-state index in [4.69, 9.17) is 9.47 Å². The summed E-state index contributed by atoms with van der Waals surface area (Å²) in [5, 5.41) is 15.8. The molecule has 1 amide bonds. The molecule has 0 saturated heterocycles. The van der Waals surface area contributed by atoms with E-state index in [1.165, 1.54) is 0 Å². The summed E-state index contributed by atoms with van der Waals surface area (Å²) in [6, 6.07) is 31.5. The van der Waals surface area contributed by atoms with Crippen LogP contribution in [-0.4, -0.2) is 42.1 Å². The molecule has 0 heterocycles. The third-order valence-electron chi connectivity index (χ3n) is 6.49. The number of carbonyl (C=O) groups is 3. The normalized spacial score (nSPS) is 11.2. The molecule has 8 heteroatoms. The zero-order valence-electron chi connectivity index (χ0n) is 23.2. The molecule has 0 spiro atoms. The second-order valence-corrected chi connectivity index (χ2v) is 9.67. The Morgan fingerprint density at radius 3 is 2.14 bits per heavy atom. The summed E-state index contributed by atoms with van der Waals surface area (Å²) in [6.45, 7) is 0.968. The summed E-state index contributed by atoms with van der Waals surface area (Å²) in [5.41, 5.74) is 2.74. The van der Waals surface area contributed by atoms with E-state index in [-0.39, 0.29) is 18.1 Å². The lowest BCUT2D eigenvalue weighted by atomic mass is 10.1. The van der Waals surface area contributed by atoms with Gasteiger partial charge in [0, 0.05) is 19.4 Å². The number of anilines is 1. The monoisotopic (exact) mass is 566 g/mol. The average Bonchev–Trinajstić information content (AvgIpc) is 3.02. The molecule has 0 aromatic heterocycles. The van der Waals surface area contributed by atoms with Crippen LogP contribution >= 0.6 is 0 Å². The summed E-state index contributed by atoms with van der Waals surface area (Å²) in [4.78, 5) is 36.6. The van der Waals surface area contributed by atoms with Crippen molar-refractivity contribution in [3.8, 4) is 11.5 Å². The van der Waals surface area contributed by atoms with Crippen LogP contribution in [0.25, 0.3) is 0 Å². The van der Waals surface area contributed by atoms with Crippen molar-refractivity contribution in [1.82, 2.24) is 5.32 Å². The molecule has 4 aromatic carbocycles. The van der Waals surface area contributed by atoms with Gasteiger partial charge in [-0.1, -0.05) is 72.8 Å². The summed E-state index contributed by atoms with van der Waals surface area (Å²) < 4.78 is 11.3. The summed E-state index contributed by atoms with van der Waals surface area (Å²) in [6.07, 6.45) is 2.02. The van der Waals surface area contributed by atoms with Crippen LogP contribution in [0.5, 0.6) is 11.5 Å². The van der Waals surface area contributed by atoms with E-state index in [2.05, 4.69) is 10.6 Å². The maximum atomic E-state index is 12.5. The highest BCUT2D eigenvalue weighted by molar-refractivity contribution is 5.92. The minimum absolute atomic E-state index is 0.0155. The number of rotatable bonds is 15. The molecule has 0 fully saturated rings. The number of hydrogen-bond acceptors (Lipinski definition) is 6. The van der Waals surface area contributed by atoms with Crippen LogP contribution in [0.15, 0.2) is 109 Å². The molecule has 1 unspecified atom stereocenters. The average molecular weight is 567 g/mol. The number of benzene rings is 4. The van der Waals surface area contributed by atoms with Crippen LogP contribution in [0, 0.1) is 0 Å². The van der Waals surface area contributed by atoms with Gasteiger partial charge in [0.05, 0.1) is 17.9 Å². The third-order valence-corrected chi connectivity index (χ3v) is 6.49. The van der Waals surface area contributed by atoms with Gasteiger partial charge in [0.2, 0.25) is 5.91 Å². The fourth-order valence-electron chi connectivity index (χ4n) is 4.23. The van der Waals surface area contributed by atoms with Crippen molar-refractivity contribution in [1.29, 1.82) is 0 Å². The highest BCUT2D eigenvalue weighted by Crippen LogP contribution is 2.26. The number of aliphatic carboxylic acids is 1. The molecule has 1 atom stereocenters. The molecule has 0 saturated carbocycles. The highest BCUT2D eigenvalue weighted by atomic mass is 16.5. The van der Waals surface area contributed by atoms with Crippen molar-refractivity contribution in [3.63, 3.8) is 0 Å². The number of carbonyl (C=O) groups excluding carboxylic acids is 2. The molecular formula is C34H34N2O6. The minimum Gasteiger partial charge on any atom is -0.494 e. The Balaban J connectivity index is 1.22. The topological polar surface area (TPSA) is 114 Å². The molecule has 3 N–H and O–H groups in total. The van der Waals surface area contributed by atoms with Crippen molar-refractivity contribution < 1.29 is 29.0 Å². The van der Waals surface area contributed by atoms with Gasteiger partial charge in [-0.2, -0.15) is 0 Å². The van der Waals surface area contributed by atoms with Crippen LogP contribution < -0.4 is 20.1 Å². The number of nitrogens with one attached hydrogen (secondary N) is 2. The Bertz CT molecular complexity index is 1440. The number of amides is 1. The van der Waals surface area contributed by atoms with Gasteiger partial charge >= 0.3 is 11.9 Å². The van der Waals surface area contributed by atoms with E-state index in [9.17, 15) is 19.5 Å². The third kappa shape index (κ3) is 9.52. The SMILES string of the molecule is O=C(CCc1ccccc1)NCCCOc1ccc(CC(Nc2ccccc2OC(=O)c2ccccc2)C(=O)O)cc1. The van der Waals surface area contributed by atoms with E-state index in [1.807, 2.05) is 42.5 Å². The molecule has 0 radical (unpaired) electrons. The van der Waals surface area contributed by atoms with Crippen molar-refractivity contribution in [3.05, 3.63) is 126 Å². The van der Waals surface area contributed by atoms with Crippen LogP contribution in [0.3, 0.4) is 0 Å².